The van der Waals surface area contributed by atoms with Gasteiger partial charge in [0.2, 0.25) is 0 Å². The van der Waals surface area contributed by atoms with Crippen LogP contribution in [0.5, 0.6) is 0 Å². The Morgan fingerprint density at radius 1 is 1.26 bits per heavy atom. The van der Waals surface area contributed by atoms with Crippen molar-refractivity contribution in [3.8, 4) is 0 Å². The fourth-order valence-electron chi connectivity index (χ4n) is 2.29. The monoisotopic (exact) mass is 262 g/mol. The average Bonchev–Trinajstić information content (AvgIpc) is 2.81. The Bertz CT molecular complexity index is 428. The molecule has 0 bridgehead atoms. The van der Waals surface area contributed by atoms with E-state index in [1.54, 1.807) is 4.90 Å². The molecule has 0 aromatic heterocycles. The SMILES string of the molecule is CNC(CN1CCOC1=O)c1ccc(C(C)C)cc1. The van der Waals surface area contributed by atoms with Gasteiger partial charge in [-0.3, -0.25) is 0 Å². The lowest BCUT2D eigenvalue weighted by atomic mass is 9.99. The maximum atomic E-state index is 11.5. The zero-order valence-corrected chi connectivity index (χ0v) is 11.8. The summed E-state index contributed by atoms with van der Waals surface area (Å²) in [5.41, 5.74) is 2.53. The summed E-state index contributed by atoms with van der Waals surface area (Å²) in [6.07, 6.45) is -0.209. The minimum atomic E-state index is -0.209. The van der Waals surface area contributed by atoms with Gasteiger partial charge in [-0.1, -0.05) is 38.1 Å². The molecule has 1 aliphatic heterocycles. The molecule has 1 aromatic rings. The molecule has 0 saturated carbocycles. The maximum absolute atomic E-state index is 11.5. The number of ether oxygens (including phenoxy) is 1. The van der Waals surface area contributed by atoms with Crippen molar-refractivity contribution in [3.05, 3.63) is 35.4 Å². The van der Waals surface area contributed by atoms with Crippen LogP contribution in [0.15, 0.2) is 24.3 Å². The molecule has 0 aliphatic carbocycles. The van der Waals surface area contributed by atoms with Crippen LogP contribution in [0.1, 0.15) is 36.9 Å². The minimum Gasteiger partial charge on any atom is -0.448 e. The van der Waals surface area contributed by atoms with Gasteiger partial charge in [0, 0.05) is 12.6 Å². The highest BCUT2D eigenvalue weighted by atomic mass is 16.6. The Hall–Kier alpha value is -1.55. The van der Waals surface area contributed by atoms with E-state index >= 15 is 0 Å². The number of benzene rings is 1. The van der Waals surface area contributed by atoms with Gasteiger partial charge in [0.15, 0.2) is 0 Å². The smallest absolute Gasteiger partial charge is 0.410 e. The highest BCUT2D eigenvalue weighted by Gasteiger charge is 2.25. The van der Waals surface area contributed by atoms with E-state index < -0.39 is 0 Å². The highest BCUT2D eigenvalue weighted by Crippen LogP contribution is 2.20. The van der Waals surface area contributed by atoms with Crippen molar-refractivity contribution in [2.24, 2.45) is 0 Å². The molecule has 0 radical (unpaired) electrons. The van der Waals surface area contributed by atoms with Gasteiger partial charge in [-0.2, -0.15) is 0 Å². The van der Waals surface area contributed by atoms with Crippen molar-refractivity contribution in [1.82, 2.24) is 10.2 Å². The van der Waals surface area contributed by atoms with Crippen LogP contribution in [0.4, 0.5) is 4.79 Å². The predicted octanol–water partition coefficient (Wildman–Crippen LogP) is 2.52. The zero-order chi connectivity index (χ0) is 13.8. The number of carbonyl (C=O) groups is 1. The summed E-state index contributed by atoms with van der Waals surface area (Å²) in [5.74, 6) is 0.538. The number of nitrogens with one attached hydrogen (secondary N) is 1. The van der Waals surface area contributed by atoms with Crippen LogP contribution in [-0.2, 0) is 4.74 Å². The Morgan fingerprint density at radius 3 is 2.37 bits per heavy atom. The summed E-state index contributed by atoms with van der Waals surface area (Å²) in [4.78, 5) is 13.2. The van der Waals surface area contributed by atoms with Crippen molar-refractivity contribution >= 4 is 6.09 Å². The largest absolute Gasteiger partial charge is 0.448 e. The second-order valence-electron chi connectivity index (χ2n) is 5.22. The Labute approximate surface area is 114 Å². The molecule has 1 aromatic carbocycles. The molecule has 2 rings (SSSR count). The molecule has 1 N–H and O–H groups in total. The first-order valence-corrected chi connectivity index (χ1v) is 6.80. The third kappa shape index (κ3) is 3.26. The topological polar surface area (TPSA) is 41.6 Å². The number of cyclic esters (lactones) is 1. The number of likely N-dealkylation sites (N-methyl/N-ethyl adjacent to an activating group) is 1. The lowest BCUT2D eigenvalue weighted by molar-refractivity contribution is 0.156. The number of hydrogen-bond donors (Lipinski definition) is 1. The van der Waals surface area contributed by atoms with Crippen molar-refractivity contribution in [2.45, 2.75) is 25.8 Å². The van der Waals surface area contributed by atoms with E-state index in [-0.39, 0.29) is 12.1 Å². The molecule has 1 atom stereocenters. The Morgan fingerprint density at radius 2 is 1.89 bits per heavy atom. The second-order valence-corrected chi connectivity index (χ2v) is 5.22. The first kappa shape index (κ1) is 13.9. The molecule has 1 fully saturated rings. The van der Waals surface area contributed by atoms with Crippen LogP contribution >= 0.6 is 0 Å². The molecule has 1 heterocycles. The van der Waals surface area contributed by atoms with E-state index in [0.717, 1.165) is 0 Å². The van der Waals surface area contributed by atoms with E-state index in [2.05, 4.69) is 43.4 Å². The number of amides is 1. The zero-order valence-electron chi connectivity index (χ0n) is 11.8. The predicted molar refractivity (Wildman–Crippen MR) is 75.3 cm³/mol. The molecule has 1 saturated heterocycles. The second kappa shape index (κ2) is 6.06. The minimum absolute atomic E-state index is 0.145. The van der Waals surface area contributed by atoms with Gasteiger partial charge < -0.3 is 15.0 Å². The average molecular weight is 262 g/mol. The highest BCUT2D eigenvalue weighted by molar-refractivity contribution is 5.69. The first-order valence-electron chi connectivity index (χ1n) is 6.80. The van der Waals surface area contributed by atoms with Gasteiger partial charge in [0.05, 0.1) is 6.54 Å². The van der Waals surface area contributed by atoms with Crippen molar-refractivity contribution < 1.29 is 9.53 Å². The molecule has 104 valence electrons. The molecule has 1 unspecified atom stereocenters. The number of rotatable bonds is 5. The molecule has 19 heavy (non-hydrogen) atoms. The standard InChI is InChI=1S/C15H22N2O2/c1-11(2)12-4-6-13(7-5-12)14(16-3)10-17-8-9-19-15(17)18/h4-7,11,14,16H,8-10H2,1-3H3. The molecule has 4 nitrogen and oxygen atoms in total. The quantitative estimate of drug-likeness (QED) is 0.886. The normalized spacial score (nSPS) is 16.8. The van der Waals surface area contributed by atoms with E-state index in [0.29, 0.717) is 25.6 Å². The van der Waals surface area contributed by atoms with Gasteiger partial charge >= 0.3 is 6.09 Å². The lowest BCUT2D eigenvalue weighted by Gasteiger charge is -2.22. The van der Waals surface area contributed by atoms with Crippen LogP contribution in [0, 0.1) is 0 Å². The molecular formula is C15H22N2O2. The summed E-state index contributed by atoms with van der Waals surface area (Å²) >= 11 is 0. The molecule has 1 amide bonds. The number of hydrogen-bond acceptors (Lipinski definition) is 3. The number of carbonyl (C=O) groups excluding carboxylic acids is 1. The van der Waals surface area contributed by atoms with Gasteiger partial charge in [0.25, 0.3) is 0 Å². The maximum Gasteiger partial charge on any atom is 0.410 e. The van der Waals surface area contributed by atoms with Crippen molar-refractivity contribution in [2.75, 3.05) is 26.7 Å². The fraction of sp³-hybridized carbons (Fsp3) is 0.533. The van der Waals surface area contributed by atoms with Crippen LogP contribution in [0.2, 0.25) is 0 Å². The molecular weight excluding hydrogens is 240 g/mol. The van der Waals surface area contributed by atoms with Crippen molar-refractivity contribution in [3.63, 3.8) is 0 Å². The summed E-state index contributed by atoms with van der Waals surface area (Å²) in [6, 6.07) is 8.74. The third-order valence-corrected chi connectivity index (χ3v) is 3.60. The summed E-state index contributed by atoms with van der Waals surface area (Å²) in [7, 11) is 1.92. The van der Waals surface area contributed by atoms with E-state index in [1.807, 2.05) is 7.05 Å². The van der Waals surface area contributed by atoms with Gasteiger partial charge in [-0.15, -0.1) is 0 Å². The van der Waals surface area contributed by atoms with Gasteiger partial charge in [-0.05, 0) is 24.1 Å². The Balaban J connectivity index is 2.06. The van der Waals surface area contributed by atoms with Crippen LogP contribution < -0.4 is 5.32 Å². The van der Waals surface area contributed by atoms with Crippen LogP contribution in [0.3, 0.4) is 0 Å². The summed E-state index contributed by atoms with van der Waals surface area (Å²) < 4.78 is 4.96. The summed E-state index contributed by atoms with van der Waals surface area (Å²) in [5, 5.41) is 3.27. The van der Waals surface area contributed by atoms with E-state index in [9.17, 15) is 4.79 Å². The first-order chi connectivity index (χ1) is 9.11. The van der Waals surface area contributed by atoms with E-state index in [1.165, 1.54) is 11.1 Å². The molecule has 4 heteroatoms. The van der Waals surface area contributed by atoms with Gasteiger partial charge in [0.1, 0.15) is 6.61 Å². The van der Waals surface area contributed by atoms with Crippen LogP contribution in [0.25, 0.3) is 0 Å². The fourth-order valence-corrected chi connectivity index (χ4v) is 2.29. The van der Waals surface area contributed by atoms with E-state index in [4.69, 9.17) is 4.74 Å². The third-order valence-electron chi connectivity index (χ3n) is 3.60. The van der Waals surface area contributed by atoms with Crippen LogP contribution in [-0.4, -0.2) is 37.7 Å². The van der Waals surface area contributed by atoms with Gasteiger partial charge in [-0.25, -0.2) is 4.79 Å². The molecule has 0 spiro atoms. The molecule has 1 aliphatic rings. The Kier molecular flexibility index (Phi) is 4.43. The van der Waals surface area contributed by atoms with Crippen molar-refractivity contribution in [1.29, 1.82) is 0 Å². The summed E-state index contributed by atoms with van der Waals surface area (Å²) in [6.45, 7) is 6.20. The number of nitrogens with zero attached hydrogens (tertiary/aromatic N) is 1. The lowest BCUT2D eigenvalue weighted by Crippen LogP contribution is -2.34.